The van der Waals surface area contributed by atoms with Crippen LogP contribution in [0.15, 0.2) is 22.7 Å². The molecule has 0 unspecified atom stereocenters. The van der Waals surface area contributed by atoms with E-state index in [1.54, 1.807) is 18.2 Å². The monoisotopic (exact) mass is 333 g/mol. The molecule has 3 nitrogen and oxygen atoms in total. The molecule has 1 aromatic rings. The molecule has 0 bridgehead atoms. The molecule has 1 heterocycles. The molecule has 0 radical (unpaired) electrons. The van der Waals surface area contributed by atoms with Gasteiger partial charge in [-0.25, -0.2) is 8.78 Å². The summed E-state index contributed by atoms with van der Waals surface area (Å²) in [6.45, 7) is 0.158. The Morgan fingerprint density at radius 2 is 2.00 bits per heavy atom. The molecule has 0 aliphatic carbocycles. The Kier molecular flexibility index (Phi) is 4.08. The zero-order valence-electron chi connectivity index (χ0n) is 10.5. The van der Waals surface area contributed by atoms with Crippen LogP contribution >= 0.6 is 15.9 Å². The lowest BCUT2D eigenvalue weighted by molar-refractivity contribution is -0.0494. The summed E-state index contributed by atoms with van der Waals surface area (Å²) in [7, 11) is 1.51. The molecule has 0 spiro atoms. The van der Waals surface area contributed by atoms with Gasteiger partial charge in [-0.2, -0.15) is 0 Å². The van der Waals surface area contributed by atoms with Crippen molar-refractivity contribution in [3.05, 3.63) is 28.2 Å². The summed E-state index contributed by atoms with van der Waals surface area (Å²) in [5.41, 5.74) is 0.435. The van der Waals surface area contributed by atoms with E-state index in [1.807, 2.05) is 0 Å². The first-order chi connectivity index (χ1) is 8.94. The highest BCUT2D eigenvalue weighted by Gasteiger charge is 2.36. The van der Waals surface area contributed by atoms with Gasteiger partial charge in [-0.05, 0) is 28.1 Å². The van der Waals surface area contributed by atoms with Crippen molar-refractivity contribution in [2.75, 3.05) is 20.2 Å². The maximum absolute atomic E-state index is 13.1. The maximum Gasteiger partial charge on any atom is 0.255 e. The van der Waals surface area contributed by atoms with Crippen molar-refractivity contribution in [3.8, 4) is 5.75 Å². The number of benzene rings is 1. The minimum absolute atomic E-state index is 0.0789. The van der Waals surface area contributed by atoms with Crippen LogP contribution in [0, 0.1) is 0 Å². The zero-order chi connectivity index (χ0) is 14.0. The Morgan fingerprint density at radius 3 is 2.58 bits per heavy atom. The third kappa shape index (κ3) is 3.05. The molecule has 1 amide bonds. The van der Waals surface area contributed by atoms with Gasteiger partial charge in [-0.15, -0.1) is 0 Å². The van der Waals surface area contributed by atoms with Crippen LogP contribution in [0.2, 0.25) is 0 Å². The van der Waals surface area contributed by atoms with E-state index in [0.29, 0.717) is 15.8 Å². The minimum Gasteiger partial charge on any atom is -0.496 e. The van der Waals surface area contributed by atoms with Gasteiger partial charge in [0.1, 0.15) is 5.75 Å². The number of hydrogen-bond acceptors (Lipinski definition) is 2. The molecule has 0 aromatic heterocycles. The SMILES string of the molecule is COc1cccc(C(=O)N2CCC(F)(F)CC2)c1Br. The molecule has 6 heteroatoms. The first-order valence-corrected chi connectivity index (χ1v) is 6.73. The van der Waals surface area contributed by atoms with Crippen LogP contribution in [0.25, 0.3) is 0 Å². The highest BCUT2D eigenvalue weighted by Crippen LogP contribution is 2.32. The van der Waals surface area contributed by atoms with Crippen molar-refractivity contribution in [1.82, 2.24) is 4.90 Å². The lowest BCUT2D eigenvalue weighted by Crippen LogP contribution is -2.42. The molecule has 0 atom stereocenters. The molecular formula is C13H14BrF2NO2. The molecule has 19 heavy (non-hydrogen) atoms. The molecule has 1 saturated heterocycles. The number of amides is 1. The van der Waals surface area contributed by atoms with Crippen LogP contribution in [0.4, 0.5) is 8.78 Å². The van der Waals surface area contributed by atoms with Gasteiger partial charge in [-0.3, -0.25) is 4.79 Å². The second kappa shape index (κ2) is 5.45. The highest BCUT2D eigenvalue weighted by molar-refractivity contribution is 9.10. The first-order valence-electron chi connectivity index (χ1n) is 5.94. The summed E-state index contributed by atoms with van der Waals surface area (Å²) < 4.78 is 31.8. The Morgan fingerprint density at radius 1 is 1.37 bits per heavy atom. The van der Waals surface area contributed by atoms with Gasteiger partial charge in [0.2, 0.25) is 0 Å². The number of piperidine rings is 1. The summed E-state index contributed by atoms with van der Waals surface area (Å²) in [4.78, 5) is 13.8. The topological polar surface area (TPSA) is 29.5 Å². The second-order valence-electron chi connectivity index (χ2n) is 4.47. The van der Waals surface area contributed by atoms with E-state index in [-0.39, 0.29) is 31.8 Å². The number of carbonyl (C=O) groups is 1. The normalized spacial score (nSPS) is 18.2. The largest absolute Gasteiger partial charge is 0.496 e. The van der Waals surface area contributed by atoms with Crippen molar-refractivity contribution in [2.24, 2.45) is 0 Å². The van der Waals surface area contributed by atoms with Gasteiger partial charge >= 0.3 is 0 Å². The quantitative estimate of drug-likeness (QED) is 0.830. The predicted molar refractivity (Wildman–Crippen MR) is 70.8 cm³/mol. The van der Waals surface area contributed by atoms with Gasteiger partial charge in [0, 0.05) is 25.9 Å². The number of hydrogen-bond donors (Lipinski definition) is 0. The Hall–Kier alpha value is -1.17. The number of carbonyl (C=O) groups excluding carboxylic acids is 1. The Balaban J connectivity index is 2.17. The number of nitrogens with zero attached hydrogens (tertiary/aromatic N) is 1. The van der Waals surface area contributed by atoms with Gasteiger partial charge < -0.3 is 9.64 Å². The van der Waals surface area contributed by atoms with E-state index >= 15 is 0 Å². The summed E-state index contributed by atoms with van der Waals surface area (Å²) >= 11 is 3.31. The van der Waals surface area contributed by atoms with Crippen molar-refractivity contribution < 1.29 is 18.3 Å². The summed E-state index contributed by atoms with van der Waals surface area (Å²) in [6, 6.07) is 5.09. The molecule has 1 fully saturated rings. The minimum atomic E-state index is -2.65. The number of halogens is 3. The molecule has 1 aliphatic rings. The van der Waals surface area contributed by atoms with E-state index in [2.05, 4.69) is 15.9 Å². The fraction of sp³-hybridized carbons (Fsp3) is 0.462. The molecule has 1 aromatic carbocycles. The smallest absolute Gasteiger partial charge is 0.255 e. The maximum atomic E-state index is 13.1. The lowest BCUT2D eigenvalue weighted by Gasteiger charge is -2.32. The molecular weight excluding hydrogens is 320 g/mol. The van der Waals surface area contributed by atoms with E-state index in [0.717, 1.165) is 0 Å². The van der Waals surface area contributed by atoms with Crippen molar-refractivity contribution in [1.29, 1.82) is 0 Å². The highest BCUT2D eigenvalue weighted by atomic mass is 79.9. The third-order valence-electron chi connectivity index (χ3n) is 3.20. The standard InChI is InChI=1S/C13H14BrF2NO2/c1-19-10-4-2-3-9(11(10)14)12(18)17-7-5-13(15,16)6-8-17/h2-4H,5-8H2,1H3. The number of methoxy groups -OCH3 is 1. The van der Waals surface area contributed by atoms with Crippen LogP contribution in [0.5, 0.6) is 5.75 Å². The van der Waals surface area contributed by atoms with Crippen molar-refractivity contribution in [2.45, 2.75) is 18.8 Å². The average Bonchev–Trinajstić information content (AvgIpc) is 2.38. The Bertz CT molecular complexity index is 484. The van der Waals surface area contributed by atoms with Crippen LogP contribution in [-0.2, 0) is 0 Å². The van der Waals surface area contributed by atoms with E-state index < -0.39 is 5.92 Å². The van der Waals surface area contributed by atoms with Crippen LogP contribution < -0.4 is 4.74 Å². The van der Waals surface area contributed by atoms with Crippen molar-refractivity contribution in [3.63, 3.8) is 0 Å². The average molecular weight is 334 g/mol. The van der Waals surface area contributed by atoms with E-state index in [9.17, 15) is 13.6 Å². The summed E-state index contributed by atoms with van der Waals surface area (Å²) in [5, 5.41) is 0. The van der Waals surface area contributed by atoms with Crippen LogP contribution in [0.1, 0.15) is 23.2 Å². The number of alkyl halides is 2. The van der Waals surface area contributed by atoms with Gasteiger partial charge in [-0.1, -0.05) is 6.07 Å². The van der Waals surface area contributed by atoms with E-state index in [4.69, 9.17) is 4.74 Å². The van der Waals surface area contributed by atoms with Gasteiger partial charge in [0.15, 0.2) is 0 Å². The third-order valence-corrected chi connectivity index (χ3v) is 4.01. The number of rotatable bonds is 2. The molecule has 1 aliphatic heterocycles. The van der Waals surface area contributed by atoms with Gasteiger partial charge in [0.05, 0.1) is 17.1 Å². The second-order valence-corrected chi connectivity index (χ2v) is 5.26. The fourth-order valence-corrected chi connectivity index (χ4v) is 2.64. The molecule has 2 rings (SSSR count). The molecule has 0 saturated carbocycles. The lowest BCUT2D eigenvalue weighted by atomic mass is 10.1. The predicted octanol–water partition coefficient (Wildman–Crippen LogP) is 3.33. The summed E-state index contributed by atoms with van der Waals surface area (Å²) in [5.74, 6) is -2.35. The van der Waals surface area contributed by atoms with Crippen molar-refractivity contribution >= 4 is 21.8 Å². The molecule has 0 N–H and O–H groups in total. The van der Waals surface area contributed by atoms with Crippen LogP contribution in [-0.4, -0.2) is 36.9 Å². The fourth-order valence-electron chi connectivity index (χ4n) is 2.04. The first kappa shape index (κ1) is 14.2. The molecule has 104 valence electrons. The van der Waals surface area contributed by atoms with Gasteiger partial charge in [0.25, 0.3) is 11.8 Å². The van der Waals surface area contributed by atoms with Crippen LogP contribution in [0.3, 0.4) is 0 Å². The number of likely N-dealkylation sites (tertiary alicyclic amines) is 1. The summed E-state index contributed by atoms with van der Waals surface area (Å²) in [6.07, 6.45) is -0.555. The zero-order valence-corrected chi connectivity index (χ0v) is 12.0. The Labute approximate surface area is 118 Å². The van der Waals surface area contributed by atoms with E-state index in [1.165, 1.54) is 12.0 Å². The number of ether oxygens (including phenoxy) is 1.